The molecule has 0 aliphatic carbocycles. The highest BCUT2D eigenvalue weighted by atomic mass is 35.5. The SMILES string of the molecule is Cc1cccc(Cl)c1NC(=O)C1N([C@@H](CO)C(C)C)C(=O)[C@@H]2[C@@H](C(=O)NCc3ccccc3)[C@@]3(C)CCC12S3. The first-order chi connectivity index (χ1) is 18.5. The summed E-state index contributed by atoms with van der Waals surface area (Å²) in [5.74, 6) is -2.05. The Morgan fingerprint density at radius 1 is 1.13 bits per heavy atom. The normalized spacial score (nSPS) is 30.0. The number of carbonyl (C=O) groups excluding carboxylic acids is 3. The molecule has 3 N–H and O–H groups in total. The maximum atomic E-state index is 14.3. The number of rotatable bonds is 8. The molecule has 0 aromatic heterocycles. The number of hydrogen-bond donors (Lipinski definition) is 3. The van der Waals surface area contributed by atoms with E-state index in [1.807, 2.05) is 70.2 Å². The van der Waals surface area contributed by atoms with Gasteiger partial charge in [-0.3, -0.25) is 14.4 Å². The van der Waals surface area contributed by atoms with E-state index in [2.05, 4.69) is 10.6 Å². The van der Waals surface area contributed by atoms with Crippen LogP contribution >= 0.6 is 23.4 Å². The Hall–Kier alpha value is -2.55. The molecule has 6 atom stereocenters. The molecule has 3 fully saturated rings. The molecule has 0 saturated carbocycles. The highest BCUT2D eigenvalue weighted by molar-refractivity contribution is 8.02. The van der Waals surface area contributed by atoms with Crippen LogP contribution in [-0.4, -0.2) is 55.9 Å². The topological polar surface area (TPSA) is 98.7 Å². The summed E-state index contributed by atoms with van der Waals surface area (Å²) >= 11 is 8.07. The van der Waals surface area contributed by atoms with Gasteiger partial charge in [0.05, 0.1) is 39.9 Å². The Morgan fingerprint density at radius 2 is 1.85 bits per heavy atom. The van der Waals surface area contributed by atoms with Gasteiger partial charge in [-0.05, 0) is 49.8 Å². The summed E-state index contributed by atoms with van der Waals surface area (Å²) < 4.78 is -1.25. The smallest absolute Gasteiger partial charge is 0.248 e. The molecule has 3 aliphatic rings. The lowest BCUT2D eigenvalue weighted by atomic mass is 9.66. The third-order valence-corrected chi connectivity index (χ3v) is 11.1. The molecule has 7 nitrogen and oxygen atoms in total. The molecule has 5 rings (SSSR count). The number of amides is 3. The molecule has 0 radical (unpaired) electrons. The number of fused-ring (bicyclic) bond motifs is 1. The van der Waals surface area contributed by atoms with Crippen LogP contribution in [0.15, 0.2) is 48.5 Å². The number of carbonyl (C=O) groups is 3. The largest absolute Gasteiger partial charge is 0.394 e. The Labute approximate surface area is 239 Å². The number of halogens is 1. The van der Waals surface area contributed by atoms with Crippen molar-refractivity contribution < 1.29 is 19.5 Å². The van der Waals surface area contributed by atoms with Gasteiger partial charge < -0.3 is 20.6 Å². The number of nitrogens with zero attached hydrogens (tertiary/aromatic N) is 1. The first-order valence-corrected chi connectivity index (χ1v) is 14.7. The van der Waals surface area contributed by atoms with Crippen LogP contribution in [0.2, 0.25) is 5.02 Å². The van der Waals surface area contributed by atoms with E-state index in [1.54, 1.807) is 22.7 Å². The molecule has 2 bridgehead atoms. The van der Waals surface area contributed by atoms with Gasteiger partial charge in [0, 0.05) is 11.3 Å². The standard InChI is InChI=1S/C30H36ClN3O4S/c1-17(2)21(16-35)34-25(27(37)33-24-18(3)9-8-12-20(24)31)30-14-13-29(4,39-30)22(23(30)28(34)38)26(36)32-15-19-10-6-5-7-11-19/h5-12,17,21-23,25,35H,13-16H2,1-4H3,(H,32,36)(H,33,37)/t21-,22-,23-,25?,29+,30?/m0/s1. The summed E-state index contributed by atoms with van der Waals surface area (Å²) in [6, 6.07) is 13.7. The fourth-order valence-corrected chi connectivity index (χ4v) is 9.53. The lowest BCUT2D eigenvalue weighted by Crippen LogP contribution is -2.56. The fourth-order valence-electron chi connectivity index (χ4n) is 6.92. The number of nitrogens with one attached hydrogen (secondary N) is 2. The highest BCUT2D eigenvalue weighted by Gasteiger charge is 2.77. The summed E-state index contributed by atoms with van der Waals surface area (Å²) in [5, 5.41) is 16.9. The van der Waals surface area contributed by atoms with Gasteiger partial charge in [-0.15, -0.1) is 11.8 Å². The average molecular weight is 570 g/mol. The van der Waals surface area contributed by atoms with Crippen molar-refractivity contribution in [2.75, 3.05) is 11.9 Å². The molecule has 9 heteroatoms. The van der Waals surface area contributed by atoms with Crippen LogP contribution in [0.25, 0.3) is 0 Å². The van der Waals surface area contributed by atoms with E-state index in [4.69, 9.17) is 11.6 Å². The van der Waals surface area contributed by atoms with Crippen LogP contribution in [0.1, 0.15) is 44.7 Å². The third-order valence-electron chi connectivity index (χ3n) is 8.84. The Kier molecular flexibility index (Phi) is 7.50. The van der Waals surface area contributed by atoms with E-state index in [9.17, 15) is 19.5 Å². The van der Waals surface area contributed by atoms with Crippen LogP contribution in [0, 0.1) is 24.7 Å². The zero-order valence-corrected chi connectivity index (χ0v) is 24.3. The second kappa shape index (κ2) is 10.5. The van der Waals surface area contributed by atoms with E-state index >= 15 is 0 Å². The summed E-state index contributed by atoms with van der Waals surface area (Å²) in [5.41, 5.74) is 2.31. The van der Waals surface area contributed by atoms with Crippen LogP contribution in [-0.2, 0) is 20.9 Å². The lowest BCUT2D eigenvalue weighted by molar-refractivity contribution is -0.143. The highest BCUT2D eigenvalue weighted by Crippen LogP contribution is 2.71. The van der Waals surface area contributed by atoms with Crippen LogP contribution in [0.4, 0.5) is 5.69 Å². The number of likely N-dealkylation sites (tertiary alicyclic amines) is 1. The van der Waals surface area contributed by atoms with Gasteiger partial charge in [-0.25, -0.2) is 0 Å². The number of anilines is 1. The van der Waals surface area contributed by atoms with Gasteiger partial charge in [-0.2, -0.15) is 0 Å². The average Bonchev–Trinajstić information content (AvgIpc) is 3.47. The predicted octanol–water partition coefficient (Wildman–Crippen LogP) is 4.40. The van der Waals surface area contributed by atoms with Crippen molar-refractivity contribution in [3.8, 4) is 0 Å². The molecular formula is C30H36ClN3O4S. The van der Waals surface area contributed by atoms with Gasteiger partial charge in [0.1, 0.15) is 6.04 Å². The van der Waals surface area contributed by atoms with Gasteiger partial charge in [0.15, 0.2) is 0 Å². The molecule has 3 heterocycles. The Bertz CT molecular complexity index is 1270. The zero-order valence-electron chi connectivity index (χ0n) is 22.7. The maximum Gasteiger partial charge on any atom is 0.248 e. The monoisotopic (exact) mass is 569 g/mol. The van der Waals surface area contributed by atoms with E-state index < -0.39 is 33.4 Å². The Morgan fingerprint density at radius 3 is 2.49 bits per heavy atom. The minimum Gasteiger partial charge on any atom is -0.394 e. The molecular weight excluding hydrogens is 534 g/mol. The molecule has 3 aliphatic heterocycles. The molecule has 2 aromatic carbocycles. The summed E-state index contributed by atoms with van der Waals surface area (Å²) in [6.45, 7) is 7.89. The molecule has 1 spiro atoms. The van der Waals surface area contributed by atoms with Crippen molar-refractivity contribution in [3.05, 3.63) is 64.7 Å². The molecule has 2 unspecified atom stereocenters. The molecule has 39 heavy (non-hydrogen) atoms. The second-order valence-electron chi connectivity index (χ2n) is 11.6. The van der Waals surface area contributed by atoms with E-state index in [0.29, 0.717) is 23.7 Å². The van der Waals surface area contributed by atoms with Gasteiger partial charge >= 0.3 is 0 Å². The third kappa shape index (κ3) is 4.54. The minimum absolute atomic E-state index is 0.0883. The van der Waals surface area contributed by atoms with Crippen molar-refractivity contribution in [1.29, 1.82) is 0 Å². The van der Waals surface area contributed by atoms with E-state index in [1.165, 1.54) is 0 Å². The first kappa shape index (κ1) is 28.0. The summed E-state index contributed by atoms with van der Waals surface area (Å²) in [4.78, 5) is 43.9. The predicted molar refractivity (Wildman–Crippen MR) is 154 cm³/mol. The number of benzene rings is 2. The first-order valence-electron chi connectivity index (χ1n) is 13.5. The number of aliphatic hydroxyl groups excluding tert-OH is 1. The number of aliphatic hydroxyl groups is 1. The number of thioether (sulfide) groups is 1. The fraction of sp³-hybridized carbons (Fsp3) is 0.500. The Balaban J connectivity index is 1.52. The second-order valence-corrected chi connectivity index (χ2v) is 13.9. The van der Waals surface area contributed by atoms with Crippen LogP contribution in [0.3, 0.4) is 0 Å². The van der Waals surface area contributed by atoms with Crippen molar-refractivity contribution in [2.45, 2.75) is 68.7 Å². The van der Waals surface area contributed by atoms with Crippen LogP contribution < -0.4 is 10.6 Å². The van der Waals surface area contributed by atoms with Gasteiger partial charge in [0.2, 0.25) is 17.7 Å². The number of hydrogen-bond acceptors (Lipinski definition) is 5. The lowest BCUT2D eigenvalue weighted by Gasteiger charge is -2.38. The minimum atomic E-state index is -0.844. The molecule has 3 saturated heterocycles. The summed E-state index contributed by atoms with van der Waals surface area (Å²) in [6.07, 6.45) is 1.36. The van der Waals surface area contributed by atoms with Crippen molar-refractivity contribution in [1.82, 2.24) is 10.2 Å². The van der Waals surface area contributed by atoms with Crippen molar-refractivity contribution in [2.24, 2.45) is 17.8 Å². The number of aryl methyl sites for hydroxylation is 1. The molecule has 2 aromatic rings. The quantitative estimate of drug-likeness (QED) is 0.438. The zero-order chi connectivity index (χ0) is 28.1. The van der Waals surface area contributed by atoms with Crippen molar-refractivity contribution in [3.63, 3.8) is 0 Å². The van der Waals surface area contributed by atoms with E-state index in [-0.39, 0.29) is 30.2 Å². The van der Waals surface area contributed by atoms with E-state index in [0.717, 1.165) is 17.5 Å². The number of para-hydroxylation sites is 1. The van der Waals surface area contributed by atoms with Crippen molar-refractivity contribution >= 4 is 46.8 Å². The molecule has 208 valence electrons. The van der Waals surface area contributed by atoms with Gasteiger partial charge in [0.25, 0.3) is 0 Å². The van der Waals surface area contributed by atoms with Crippen LogP contribution in [0.5, 0.6) is 0 Å². The maximum absolute atomic E-state index is 14.3. The molecule has 3 amide bonds. The van der Waals surface area contributed by atoms with Gasteiger partial charge in [-0.1, -0.05) is 67.9 Å². The summed E-state index contributed by atoms with van der Waals surface area (Å²) in [7, 11) is 0.